The molecule has 0 aliphatic heterocycles. The molecule has 0 saturated heterocycles. The van der Waals surface area contributed by atoms with Gasteiger partial charge < -0.3 is 9.80 Å². The van der Waals surface area contributed by atoms with Crippen molar-refractivity contribution < 1.29 is 4.79 Å². The van der Waals surface area contributed by atoms with Crippen molar-refractivity contribution in [2.24, 2.45) is 0 Å². The SMILES string of the molecule is CCc1nc(Br)cc(N(C)CC(=O)N(CC)CC)n1. The van der Waals surface area contributed by atoms with Crippen LogP contribution in [0.3, 0.4) is 0 Å². The van der Waals surface area contributed by atoms with E-state index in [1.165, 1.54) is 0 Å². The average Bonchev–Trinajstić information content (AvgIpc) is 2.39. The van der Waals surface area contributed by atoms with E-state index in [1.54, 1.807) is 0 Å². The summed E-state index contributed by atoms with van der Waals surface area (Å²) >= 11 is 3.37. The zero-order chi connectivity index (χ0) is 14.4. The first kappa shape index (κ1) is 15.9. The van der Waals surface area contributed by atoms with Crippen LogP contribution in [0, 0.1) is 0 Å². The Morgan fingerprint density at radius 1 is 1.26 bits per heavy atom. The predicted molar refractivity (Wildman–Crippen MR) is 80.3 cm³/mol. The van der Waals surface area contributed by atoms with Crippen molar-refractivity contribution in [3.8, 4) is 0 Å². The number of hydrogen-bond acceptors (Lipinski definition) is 4. The van der Waals surface area contributed by atoms with E-state index in [0.717, 1.165) is 35.8 Å². The molecule has 1 aromatic heterocycles. The molecule has 0 bridgehead atoms. The molecule has 1 heterocycles. The molecule has 1 rings (SSSR count). The molecule has 0 fully saturated rings. The fraction of sp³-hybridized carbons (Fsp3) is 0.615. The summed E-state index contributed by atoms with van der Waals surface area (Å²) in [6.07, 6.45) is 0.768. The summed E-state index contributed by atoms with van der Waals surface area (Å²) in [5.41, 5.74) is 0. The second kappa shape index (κ2) is 7.43. The van der Waals surface area contributed by atoms with E-state index in [4.69, 9.17) is 0 Å². The Balaban J connectivity index is 2.80. The quantitative estimate of drug-likeness (QED) is 0.750. The number of aromatic nitrogens is 2. The third-order valence-electron chi connectivity index (χ3n) is 2.92. The van der Waals surface area contributed by atoms with Crippen molar-refractivity contribution in [2.45, 2.75) is 27.2 Å². The highest BCUT2D eigenvalue weighted by Crippen LogP contribution is 2.15. The summed E-state index contributed by atoms with van der Waals surface area (Å²) < 4.78 is 0.747. The third kappa shape index (κ3) is 4.45. The fourth-order valence-corrected chi connectivity index (χ4v) is 2.17. The maximum absolute atomic E-state index is 12.1. The van der Waals surface area contributed by atoms with E-state index in [9.17, 15) is 4.79 Å². The summed E-state index contributed by atoms with van der Waals surface area (Å²) in [7, 11) is 1.87. The highest BCUT2D eigenvalue weighted by Gasteiger charge is 2.14. The van der Waals surface area contributed by atoms with Crippen molar-refractivity contribution in [1.82, 2.24) is 14.9 Å². The van der Waals surface area contributed by atoms with Gasteiger partial charge in [-0.2, -0.15) is 0 Å². The molecule has 0 radical (unpaired) electrons. The Morgan fingerprint density at radius 3 is 2.42 bits per heavy atom. The lowest BCUT2D eigenvalue weighted by Crippen LogP contribution is -2.39. The minimum atomic E-state index is 0.111. The van der Waals surface area contributed by atoms with Crippen LogP contribution < -0.4 is 4.90 Å². The Morgan fingerprint density at radius 2 is 1.89 bits per heavy atom. The number of aryl methyl sites for hydroxylation is 1. The number of anilines is 1. The molecular formula is C13H21BrN4O. The van der Waals surface area contributed by atoms with E-state index in [-0.39, 0.29) is 5.91 Å². The smallest absolute Gasteiger partial charge is 0.242 e. The van der Waals surface area contributed by atoms with Crippen LogP contribution in [0.1, 0.15) is 26.6 Å². The van der Waals surface area contributed by atoms with Gasteiger partial charge in [-0.1, -0.05) is 6.92 Å². The Kier molecular flexibility index (Phi) is 6.21. The Labute approximate surface area is 123 Å². The van der Waals surface area contributed by atoms with E-state index < -0.39 is 0 Å². The number of carbonyl (C=O) groups excluding carboxylic acids is 1. The molecule has 0 aromatic carbocycles. The second-order valence-electron chi connectivity index (χ2n) is 4.24. The molecule has 6 heteroatoms. The van der Waals surface area contributed by atoms with Crippen molar-refractivity contribution in [2.75, 3.05) is 31.6 Å². The number of rotatable bonds is 6. The van der Waals surface area contributed by atoms with Gasteiger partial charge in [-0.25, -0.2) is 9.97 Å². The van der Waals surface area contributed by atoms with Crippen molar-refractivity contribution >= 4 is 27.7 Å². The van der Waals surface area contributed by atoms with Gasteiger partial charge in [0.2, 0.25) is 5.91 Å². The number of hydrogen-bond donors (Lipinski definition) is 0. The lowest BCUT2D eigenvalue weighted by Gasteiger charge is -2.24. The van der Waals surface area contributed by atoms with E-state index >= 15 is 0 Å². The zero-order valence-electron chi connectivity index (χ0n) is 12.0. The predicted octanol–water partition coefficient (Wildman–Crippen LogP) is 2.11. The summed E-state index contributed by atoms with van der Waals surface area (Å²) in [6, 6.07) is 1.83. The van der Waals surface area contributed by atoms with Gasteiger partial charge in [0.25, 0.3) is 0 Å². The van der Waals surface area contributed by atoms with E-state index in [0.29, 0.717) is 6.54 Å². The molecule has 0 spiro atoms. The Hall–Kier alpha value is -1.17. The highest BCUT2D eigenvalue weighted by atomic mass is 79.9. The van der Waals surface area contributed by atoms with Gasteiger partial charge in [0.15, 0.2) is 0 Å². The summed E-state index contributed by atoms with van der Waals surface area (Å²) in [5, 5.41) is 0. The zero-order valence-corrected chi connectivity index (χ0v) is 13.6. The van der Waals surface area contributed by atoms with Gasteiger partial charge in [-0.15, -0.1) is 0 Å². The molecule has 0 N–H and O–H groups in total. The summed E-state index contributed by atoms with van der Waals surface area (Å²) in [6.45, 7) is 7.77. The van der Waals surface area contributed by atoms with Crippen molar-refractivity contribution in [1.29, 1.82) is 0 Å². The average molecular weight is 329 g/mol. The number of halogens is 1. The first-order chi connectivity index (χ1) is 9.01. The van der Waals surface area contributed by atoms with Crippen LogP contribution in [0.2, 0.25) is 0 Å². The molecule has 0 atom stereocenters. The molecule has 5 nitrogen and oxygen atoms in total. The Bertz CT molecular complexity index is 435. The number of likely N-dealkylation sites (N-methyl/N-ethyl adjacent to an activating group) is 2. The van der Waals surface area contributed by atoms with Crippen LogP contribution in [0.5, 0.6) is 0 Å². The van der Waals surface area contributed by atoms with Crippen molar-refractivity contribution in [3.63, 3.8) is 0 Å². The first-order valence-corrected chi connectivity index (χ1v) is 7.33. The van der Waals surface area contributed by atoms with E-state index in [2.05, 4.69) is 25.9 Å². The first-order valence-electron chi connectivity index (χ1n) is 6.54. The summed E-state index contributed by atoms with van der Waals surface area (Å²) in [4.78, 5) is 24.4. The lowest BCUT2D eigenvalue weighted by molar-refractivity contribution is -0.129. The van der Waals surface area contributed by atoms with Gasteiger partial charge in [-0.3, -0.25) is 4.79 Å². The molecule has 0 saturated carbocycles. The van der Waals surface area contributed by atoms with Gasteiger partial charge in [0.1, 0.15) is 16.2 Å². The number of carbonyl (C=O) groups is 1. The van der Waals surface area contributed by atoms with Crippen LogP contribution in [0.15, 0.2) is 10.7 Å². The van der Waals surface area contributed by atoms with Crippen LogP contribution in [0.4, 0.5) is 5.82 Å². The monoisotopic (exact) mass is 328 g/mol. The normalized spacial score (nSPS) is 10.4. The largest absolute Gasteiger partial charge is 0.350 e. The van der Waals surface area contributed by atoms with E-state index in [1.807, 2.05) is 43.7 Å². The topological polar surface area (TPSA) is 49.3 Å². The van der Waals surface area contributed by atoms with Crippen molar-refractivity contribution in [3.05, 3.63) is 16.5 Å². The summed E-state index contributed by atoms with van der Waals surface area (Å²) in [5.74, 6) is 1.64. The molecule has 0 aliphatic rings. The number of nitrogens with zero attached hydrogens (tertiary/aromatic N) is 4. The molecule has 19 heavy (non-hydrogen) atoms. The maximum Gasteiger partial charge on any atom is 0.242 e. The number of amides is 1. The molecule has 0 unspecified atom stereocenters. The minimum absolute atomic E-state index is 0.111. The second-order valence-corrected chi connectivity index (χ2v) is 5.05. The lowest BCUT2D eigenvalue weighted by atomic mass is 10.4. The minimum Gasteiger partial charge on any atom is -0.350 e. The highest BCUT2D eigenvalue weighted by molar-refractivity contribution is 9.10. The van der Waals surface area contributed by atoms with Crippen LogP contribution >= 0.6 is 15.9 Å². The maximum atomic E-state index is 12.1. The standard InChI is InChI=1S/C13H21BrN4O/c1-5-11-15-10(14)8-12(16-11)17(4)9-13(19)18(6-2)7-3/h8H,5-7,9H2,1-4H3. The van der Waals surface area contributed by atoms with Crippen LogP contribution in [0.25, 0.3) is 0 Å². The van der Waals surface area contributed by atoms with Gasteiger partial charge in [-0.05, 0) is 29.8 Å². The van der Waals surface area contributed by atoms with Crippen LogP contribution in [-0.2, 0) is 11.2 Å². The molecule has 0 aliphatic carbocycles. The van der Waals surface area contributed by atoms with Gasteiger partial charge in [0.05, 0.1) is 6.54 Å². The molecule has 106 valence electrons. The molecular weight excluding hydrogens is 308 g/mol. The van der Waals surface area contributed by atoms with Gasteiger partial charge >= 0.3 is 0 Å². The van der Waals surface area contributed by atoms with Gasteiger partial charge in [0, 0.05) is 32.6 Å². The fourth-order valence-electron chi connectivity index (χ4n) is 1.77. The molecule has 1 amide bonds. The van der Waals surface area contributed by atoms with Crippen LogP contribution in [-0.4, -0.2) is 47.5 Å². The molecule has 1 aromatic rings. The third-order valence-corrected chi connectivity index (χ3v) is 3.33.